The molecule has 1 aliphatic rings. The molecule has 1 rings (SSSR count). The molecule has 0 heterocycles. The molecular formula is C8H14N2O2S. The summed E-state index contributed by atoms with van der Waals surface area (Å²) in [6, 6.07) is 0. The molecule has 0 atom stereocenters. The number of nitrogens with two attached hydrogens (primary N) is 1. The highest BCUT2D eigenvalue weighted by atomic mass is 32.2. The lowest BCUT2D eigenvalue weighted by atomic mass is 10.0. The van der Waals surface area contributed by atoms with Crippen molar-refractivity contribution in [3.63, 3.8) is 0 Å². The summed E-state index contributed by atoms with van der Waals surface area (Å²) in [5.41, 5.74) is 4.79. The van der Waals surface area contributed by atoms with Gasteiger partial charge in [0.2, 0.25) is 0 Å². The molecule has 0 spiro atoms. The molecule has 13 heavy (non-hydrogen) atoms. The third kappa shape index (κ3) is 3.67. The van der Waals surface area contributed by atoms with Crippen LogP contribution in [0.25, 0.3) is 0 Å². The Labute approximate surface area is 81.8 Å². The van der Waals surface area contributed by atoms with Crippen LogP contribution in [0.1, 0.15) is 32.1 Å². The average molecular weight is 202 g/mol. The maximum Gasteiger partial charge on any atom is 0.318 e. The van der Waals surface area contributed by atoms with Crippen molar-refractivity contribution in [2.45, 2.75) is 37.4 Å². The van der Waals surface area contributed by atoms with Gasteiger partial charge in [0.15, 0.2) is 0 Å². The van der Waals surface area contributed by atoms with E-state index < -0.39 is 11.8 Å². The summed E-state index contributed by atoms with van der Waals surface area (Å²) in [5, 5.41) is 0.456. The van der Waals surface area contributed by atoms with Gasteiger partial charge in [0.25, 0.3) is 0 Å². The first-order valence-corrected chi connectivity index (χ1v) is 5.33. The van der Waals surface area contributed by atoms with E-state index in [0.717, 1.165) is 12.8 Å². The summed E-state index contributed by atoms with van der Waals surface area (Å²) < 4.78 is 2.46. The van der Waals surface area contributed by atoms with Crippen LogP contribution in [-0.4, -0.2) is 17.1 Å². The van der Waals surface area contributed by atoms with Crippen LogP contribution in [0.2, 0.25) is 0 Å². The highest BCUT2D eigenvalue weighted by molar-refractivity contribution is 7.98. The first kappa shape index (κ1) is 10.4. The minimum absolute atomic E-state index is 0.456. The van der Waals surface area contributed by atoms with Crippen molar-refractivity contribution in [3.05, 3.63) is 0 Å². The second-order valence-electron chi connectivity index (χ2n) is 3.17. The lowest BCUT2D eigenvalue weighted by Crippen LogP contribution is -2.33. The molecule has 4 nitrogen and oxygen atoms in total. The van der Waals surface area contributed by atoms with Crippen molar-refractivity contribution in [2.75, 3.05) is 0 Å². The summed E-state index contributed by atoms with van der Waals surface area (Å²) >= 11 is 1.33. The van der Waals surface area contributed by atoms with Gasteiger partial charge >= 0.3 is 11.8 Å². The molecule has 1 fully saturated rings. The smallest absolute Gasteiger partial charge is 0.318 e. The molecule has 2 amide bonds. The van der Waals surface area contributed by atoms with E-state index in [-0.39, 0.29) is 0 Å². The van der Waals surface area contributed by atoms with Gasteiger partial charge in [0.05, 0.1) is 0 Å². The highest BCUT2D eigenvalue weighted by Gasteiger charge is 2.16. The van der Waals surface area contributed by atoms with Crippen LogP contribution in [0.3, 0.4) is 0 Å². The molecule has 5 heteroatoms. The molecule has 0 bridgehead atoms. The van der Waals surface area contributed by atoms with Crippen LogP contribution in [0.15, 0.2) is 0 Å². The van der Waals surface area contributed by atoms with Crippen molar-refractivity contribution in [2.24, 2.45) is 5.73 Å². The minimum atomic E-state index is -0.914. The van der Waals surface area contributed by atoms with Crippen LogP contribution < -0.4 is 10.5 Å². The molecule has 74 valence electrons. The Hall–Kier alpha value is -0.710. The van der Waals surface area contributed by atoms with E-state index in [0.29, 0.717) is 5.25 Å². The Morgan fingerprint density at radius 2 is 1.85 bits per heavy atom. The van der Waals surface area contributed by atoms with Crippen LogP contribution in [0, 0.1) is 0 Å². The van der Waals surface area contributed by atoms with Gasteiger partial charge in [-0.3, -0.25) is 14.3 Å². The normalized spacial score (nSPS) is 18.2. The van der Waals surface area contributed by atoms with E-state index in [2.05, 4.69) is 4.72 Å². The SMILES string of the molecule is NC(=O)C(=O)NSC1CCCCC1. The standard InChI is InChI=1S/C8H14N2O2S/c9-7(11)8(12)10-13-6-4-2-1-3-5-6/h6H,1-5H2,(H2,9,11)(H,10,12). The summed E-state index contributed by atoms with van der Waals surface area (Å²) in [4.78, 5) is 21.1. The number of carbonyl (C=O) groups excluding carboxylic acids is 2. The molecular weight excluding hydrogens is 188 g/mol. The zero-order valence-electron chi connectivity index (χ0n) is 7.41. The van der Waals surface area contributed by atoms with Crippen LogP contribution in [0.5, 0.6) is 0 Å². The van der Waals surface area contributed by atoms with E-state index >= 15 is 0 Å². The number of primary amides is 1. The van der Waals surface area contributed by atoms with E-state index in [1.54, 1.807) is 0 Å². The Morgan fingerprint density at radius 1 is 1.23 bits per heavy atom. The fourth-order valence-electron chi connectivity index (χ4n) is 1.37. The summed E-state index contributed by atoms with van der Waals surface area (Å²) in [7, 11) is 0. The minimum Gasteiger partial charge on any atom is -0.361 e. The largest absolute Gasteiger partial charge is 0.361 e. The Balaban J connectivity index is 2.17. The van der Waals surface area contributed by atoms with Crippen LogP contribution in [0.4, 0.5) is 0 Å². The van der Waals surface area contributed by atoms with Gasteiger partial charge in [-0.25, -0.2) is 0 Å². The Kier molecular flexibility index (Phi) is 4.08. The number of nitrogens with one attached hydrogen (secondary N) is 1. The van der Waals surface area contributed by atoms with Crippen molar-refractivity contribution < 1.29 is 9.59 Å². The summed E-state index contributed by atoms with van der Waals surface area (Å²) in [6.07, 6.45) is 5.93. The van der Waals surface area contributed by atoms with Gasteiger partial charge in [-0.05, 0) is 24.8 Å². The van der Waals surface area contributed by atoms with Crippen molar-refractivity contribution >= 4 is 23.8 Å². The van der Waals surface area contributed by atoms with Crippen molar-refractivity contribution in [1.82, 2.24) is 4.72 Å². The Bertz CT molecular complexity index is 202. The molecule has 0 radical (unpaired) electrons. The summed E-state index contributed by atoms with van der Waals surface area (Å²) in [5.74, 6) is -1.61. The van der Waals surface area contributed by atoms with Crippen LogP contribution >= 0.6 is 11.9 Å². The van der Waals surface area contributed by atoms with E-state index in [1.165, 1.54) is 31.2 Å². The fraction of sp³-hybridized carbons (Fsp3) is 0.750. The number of carbonyl (C=O) groups is 2. The number of amides is 2. The van der Waals surface area contributed by atoms with Gasteiger partial charge in [-0.1, -0.05) is 19.3 Å². The second kappa shape index (κ2) is 5.11. The van der Waals surface area contributed by atoms with Gasteiger partial charge in [-0.2, -0.15) is 0 Å². The second-order valence-corrected chi connectivity index (χ2v) is 4.28. The zero-order chi connectivity index (χ0) is 9.68. The monoisotopic (exact) mass is 202 g/mol. The molecule has 0 aromatic heterocycles. The molecule has 0 aromatic carbocycles. The predicted octanol–water partition coefficient (Wildman–Crippen LogP) is 0.569. The first-order chi connectivity index (χ1) is 6.20. The third-order valence-electron chi connectivity index (χ3n) is 2.09. The third-order valence-corrected chi connectivity index (χ3v) is 3.20. The van der Waals surface area contributed by atoms with E-state index in [9.17, 15) is 9.59 Å². The van der Waals surface area contributed by atoms with Crippen molar-refractivity contribution in [3.8, 4) is 0 Å². The Morgan fingerprint density at radius 3 is 2.38 bits per heavy atom. The maximum atomic E-state index is 10.8. The summed E-state index contributed by atoms with van der Waals surface area (Å²) in [6.45, 7) is 0. The molecule has 0 aliphatic heterocycles. The molecule has 0 saturated heterocycles. The molecule has 1 aliphatic carbocycles. The van der Waals surface area contributed by atoms with Crippen LogP contribution in [-0.2, 0) is 9.59 Å². The predicted molar refractivity (Wildman–Crippen MR) is 51.8 cm³/mol. The molecule has 3 N–H and O–H groups in total. The molecule has 0 unspecified atom stereocenters. The first-order valence-electron chi connectivity index (χ1n) is 4.45. The van der Waals surface area contributed by atoms with Crippen molar-refractivity contribution in [1.29, 1.82) is 0 Å². The lowest BCUT2D eigenvalue weighted by Gasteiger charge is -2.20. The quantitative estimate of drug-likeness (QED) is 0.508. The number of hydrogen-bond donors (Lipinski definition) is 2. The van der Waals surface area contributed by atoms with Gasteiger partial charge in [-0.15, -0.1) is 0 Å². The van der Waals surface area contributed by atoms with E-state index in [4.69, 9.17) is 5.73 Å². The van der Waals surface area contributed by atoms with Gasteiger partial charge < -0.3 is 5.73 Å². The molecule has 0 aromatic rings. The maximum absolute atomic E-state index is 10.8. The number of hydrogen-bond acceptors (Lipinski definition) is 3. The lowest BCUT2D eigenvalue weighted by molar-refractivity contribution is -0.136. The fourth-order valence-corrected chi connectivity index (χ4v) is 2.31. The highest BCUT2D eigenvalue weighted by Crippen LogP contribution is 2.26. The average Bonchev–Trinajstić information content (AvgIpc) is 2.15. The molecule has 1 saturated carbocycles. The number of rotatable bonds is 2. The van der Waals surface area contributed by atoms with Gasteiger partial charge in [0.1, 0.15) is 0 Å². The zero-order valence-corrected chi connectivity index (χ0v) is 8.23. The van der Waals surface area contributed by atoms with Gasteiger partial charge in [0, 0.05) is 5.25 Å². The van der Waals surface area contributed by atoms with E-state index in [1.807, 2.05) is 0 Å². The topological polar surface area (TPSA) is 72.2 Å².